The largest absolute Gasteiger partial charge is 0.494 e. The van der Waals surface area contributed by atoms with E-state index in [2.05, 4.69) is 22.3 Å². The molecule has 0 saturated carbocycles. The van der Waals surface area contributed by atoms with Gasteiger partial charge in [-0.05, 0) is 48.9 Å². The first kappa shape index (κ1) is 18.6. The molecule has 1 amide bonds. The molecule has 6 heteroatoms. The van der Waals surface area contributed by atoms with Gasteiger partial charge in [-0.25, -0.2) is 0 Å². The van der Waals surface area contributed by atoms with Gasteiger partial charge < -0.3 is 10.1 Å². The van der Waals surface area contributed by atoms with Crippen molar-refractivity contribution < 1.29 is 9.53 Å². The molecule has 0 aliphatic heterocycles. The van der Waals surface area contributed by atoms with Crippen LogP contribution in [0.25, 0.3) is 11.4 Å². The highest BCUT2D eigenvalue weighted by Crippen LogP contribution is 2.13. The highest BCUT2D eigenvalue weighted by atomic mass is 16.5. The Kier molecular flexibility index (Phi) is 6.57. The maximum absolute atomic E-state index is 12.2. The summed E-state index contributed by atoms with van der Waals surface area (Å²) in [5.41, 5.74) is 2.27. The standard InChI is InChI=1S/C21H24N4O2/c1-2-3-16-27-18-9-7-17(8-10-18)21(26)23-13-15-25-14-11-20(24-25)19-6-4-5-12-22-19/h4-12,14H,2-3,13,15-16H2,1H3,(H,23,26). The monoisotopic (exact) mass is 364 g/mol. The van der Waals surface area contributed by atoms with Crippen LogP contribution in [0.3, 0.4) is 0 Å². The molecule has 27 heavy (non-hydrogen) atoms. The molecule has 2 aromatic heterocycles. The van der Waals surface area contributed by atoms with E-state index >= 15 is 0 Å². The molecule has 0 atom stereocenters. The number of hydrogen-bond acceptors (Lipinski definition) is 4. The van der Waals surface area contributed by atoms with Gasteiger partial charge in [0.15, 0.2) is 0 Å². The Balaban J connectivity index is 1.46. The van der Waals surface area contributed by atoms with Crippen molar-refractivity contribution in [1.82, 2.24) is 20.1 Å². The Morgan fingerprint density at radius 2 is 1.96 bits per heavy atom. The van der Waals surface area contributed by atoms with Crippen LogP contribution in [0.2, 0.25) is 0 Å². The van der Waals surface area contributed by atoms with E-state index in [1.165, 1.54) is 0 Å². The van der Waals surface area contributed by atoms with E-state index in [9.17, 15) is 4.79 Å². The molecule has 2 heterocycles. The maximum atomic E-state index is 12.2. The summed E-state index contributed by atoms with van der Waals surface area (Å²) < 4.78 is 7.41. The summed E-state index contributed by atoms with van der Waals surface area (Å²) in [6.45, 7) is 3.92. The number of rotatable bonds is 9. The Morgan fingerprint density at radius 3 is 2.70 bits per heavy atom. The Hall–Kier alpha value is -3.15. The third-order valence-electron chi connectivity index (χ3n) is 4.08. The zero-order valence-corrected chi connectivity index (χ0v) is 15.5. The number of carbonyl (C=O) groups is 1. The summed E-state index contributed by atoms with van der Waals surface area (Å²) in [6, 6.07) is 14.9. The van der Waals surface area contributed by atoms with E-state index in [-0.39, 0.29) is 5.91 Å². The first-order chi connectivity index (χ1) is 13.3. The first-order valence-electron chi connectivity index (χ1n) is 9.22. The van der Waals surface area contributed by atoms with Crippen LogP contribution in [0.5, 0.6) is 5.75 Å². The normalized spacial score (nSPS) is 10.6. The van der Waals surface area contributed by atoms with Crippen molar-refractivity contribution in [3.8, 4) is 17.1 Å². The maximum Gasteiger partial charge on any atom is 0.251 e. The van der Waals surface area contributed by atoms with Crippen molar-refractivity contribution >= 4 is 5.91 Å². The van der Waals surface area contributed by atoms with Crippen LogP contribution in [0.1, 0.15) is 30.1 Å². The van der Waals surface area contributed by atoms with Crippen LogP contribution in [0, 0.1) is 0 Å². The van der Waals surface area contributed by atoms with Gasteiger partial charge in [0.25, 0.3) is 5.91 Å². The summed E-state index contributed by atoms with van der Waals surface area (Å²) in [6.07, 6.45) is 5.76. The molecule has 0 spiro atoms. The van der Waals surface area contributed by atoms with E-state index in [1.807, 2.05) is 42.6 Å². The van der Waals surface area contributed by atoms with Gasteiger partial charge >= 0.3 is 0 Å². The molecule has 1 N–H and O–H groups in total. The van der Waals surface area contributed by atoms with Crippen LogP contribution in [0.15, 0.2) is 60.9 Å². The van der Waals surface area contributed by atoms with Crippen LogP contribution >= 0.6 is 0 Å². The number of pyridine rings is 1. The third kappa shape index (κ3) is 5.41. The van der Waals surface area contributed by atoms with E-state index in [1.54, 1.807) is 23.0 Å². The lowest BCUT2D eigenvalue weighted by atomic mass is 10.2. The Bertz CT molecular complexity index is 844. The molecule has 3 aromatic rings. The number of nitrogens with one attached hydrogen (secondary N) is 1. The van der Waals surface area contributed by atoms with Crippen molar-refractivity contribution in [3.63, 3.8) is 0 Å². The van der Waals surface area contributed by atoms with Gasteiger partial charge in [0, 0.05) is 24.5 Å². The number of nitrogens with zero attached hydrogens (tertiary/aromatic N) is 3. The number of aromatic nitrogens is 3. The van der Waals surface area contributed by atoms with Gasteiger partial charge in [-0.3, -0.25) is 14.5 Å². The minimum Gasteiger partial charge on any atom is -0.494 e. The van der Waals surface area contributed by atoms with E-state index in [0.29, 0.717) is 25.3 Å². The number of hydrogen-bond donors (Lipinski definition) is 1. The average molecular weight is 364 g/mol. The Labute approximate surface area is 159 Å². The lowest BCUT2D eigenvalue weighted by Gasteiger charge is -2.08. The van der Waals surface area contributed by atoms with Crippen molar-refractivity contribution in [3.05, 3.63) is 66.5 Å². The van der Waals surface area contributed by atoms with Crippen LogP contribution in [0.4, 0.5) is 0 Å². The SMILES string of the molecule is CCCCOc1ccc(C(=O)NCCn2ccc(-c3ccccn3)n2)cc1. The molecule has 0 saturated heterocycles. The second-order valence-corrected chi connectivity index (χ2v) is 6.16. The number of unbranched alkanes of at least 4 members (excludes halogenated alkanes) is 1. The predicted molar refractivity (Wildman–Crippen MR) is 105 cm³/mol. The topological polar surface area (TPSA) is 69.0 Å². The molecular weight excluding hydrogens is 340 g/mol. The molecule has 0 aliphatic rings. The van der Waals surface area contributed by atoms with E-state index < -0.39 is 0 Å². The second kappa shape index (κ2) is 9.52. The summed E-state index contributed by atoms with van der Waals surface area (Å²) in [5.74, 6) is 0.686. The summed E-state index contributed by atoms with van der Waals surface area (Å²) in [5, 5.41) is 7.40. The third-order valence-corrected chi connectivity index (χ3v) is 4.08. The van der Waals surface area contributed by atoms with Gasteiger partial charge in [0.2, 0.25) is 0 Å². The minimum atomic E-state index is -0.104. The molecule has 6 nitrogen and oxygen atoms in total. The van der Waals surface area contributed by atoms with Crippen LogP contribution in [-0.4, -0.2) is 33.8 Å². The summed E-state index contributed by atoms with van der Waals surface area (Å²) in [7, 11) is 0. The quantitative estimate of drug-likeness (QED) is 0.590. The highest BCUT2D eigenvalue weighted by Gasteiger charge is 2.06. The van der Waals surface area contributed by atoms with Crippen molar-refractivity contribution in [2.24, 2.45) is 0 Å². The van der Waals surface area contributed by atoms with Crippen molar-refractivity contribution in [2.45, 2.75) is 26.3 Å². The van der Waals surface area contributed by atoms with Crippen LogP contribution < -0.4 is 10.1 Å². The fourth-order valence-electron chi connectivity index (χ4n) is 2.56. The second-order valence-electron chi connectivity index (χ2n) is 6.16. The number of carbonyl (C=O) groups excluding carboxylic acids is 1. The highest BCUT2D eigenvalue weighted by molar-refractivity contribution is 5.94. The van der Waals surface area contributed by atoms with Gasteiger partial charge in [-0.15, -0.1) is 0 Å². The first-order valence-corrected chi connectivity index (χ1v) is 9.22. The molecule has 140 valence electrons. The number of ether oxygens (including phenoxy) is 1. The predicted octanol–water partition coefficient (Wildman–Crippen LogP) is 3.55. The number of benzene rings is 1. The van der Waals surface area contributed by atoms with E-state index in [0.717, 1.165) is 30.0 Å². The van der Waals surface area contributed by atoms with Crippen molar-refractivity contribution in [1.29, 1.82) is 0 Å². The van der Waals surface area contributed by atoms with Crippen LogP contribution in [-0.2, 0) is 6.54 Å². The van der Waals surface area contributed by atoms with Gasteiger partial charge in [-0.1, -0.05) is 19.4 Å². The van der Waals surface area contributed by atoms with Gasteiger partial charge in [-0.2, -0.15) is 5.10 Å². The summed E-state index contributed by atoms with van der Waals surface area (Å²) in [4.78, 5) is 16.5. The fourth-order valence-corrected chi connectivity index (χ4v) is 2.56. The molecule has 1 aromatic carbocycles. The molecular formula is C21H24N4O2. The zero-order valence-electron chi connectivity index (χ0n) is 15.5. The molecule has 0 aliphatic carbocycles. The van der Waals surface area contributed by atoms with Crippen molar-refractivity contribution in [2.75, 3.05) is 13.2 Å². The lowest BCUT2D eigenvalue weighted by molar-refractivity contribution is 0.0952. The smallest absolute Gasteiger partial charge is 0.251 e. The molecule has 0 unspecified atom stereocenters. The zero-order chi connectivity index (χ0) is 18.9. The van der Waals surface area contributed by atoms with E-state index in [4.69, 9.17) is 4.74 Å². The van der Waals surface area contributed by atoms with Gasteiger partial charge in [0.1, 0.15) is 11.4 Å². The lowest BCUT2D eigenvalue weighted by Crippen LogP contribution is -2.27. The average Bonchev–Trinajstić information content (AvgIpc) is 3.18. The molecule has 0 radical (unpaired) electrons. The van der Waals surface area contributed by atoms with Gasteiger partial charge in [0.05, 0.1) is 18.8 Å². The minimum absolute atomic E-state index is 0.104. The fraction of sp³-hybridized carbons (Fsp3) is 0.286. The molecule has 0 fully saturated rings. The number of amides is 1. The summed E-state index contributed by atoms with van der Waals surface area (Å²) >= 11 is 0. The molecule has 0 bridgehead atoms. The Morgan fingerprint density at radius 1 is 1.11 bits per heavy atom. The molecule has 3 rings (SSSR count).